The second kappa shape index (κ2) is 6.90. The molecule has 0 saturated carbocycles. The van der Waals surface area contributed by atoms with E-state index in [1.165, 1.54) is 23.5 Å². The third kappa shape index (κ3) is 3.21. The van der Waals surface area contributed by atoms with Gasteiger partial charge in [-0.2, -0.15) is 4.98 Å². The number of nitro benzene ring substituents is 1. The number of nitrogens with zero attached hydrogens (tertiary/aromatic N) is 5. The van der Waals surface area contributed by atoms with Crippen LogP contribution >= 0.6 is 11.3 Å². The topological polar surface area (TPSA) is 110 Å². The van der Waals surface area contributed by atoms with Crippen LogP contribution in [-0.4, -0.2) is 51.6 Å². The van der Waals surface area contributed by atoms with Crippen LogP contribution in [0.25, 0.3) is 22.2 Å². The molecular formula is C16H16N6O3S. The normalized spacial score (nSPS) is 18.1. The fourth-order valence-electron chi connectivity index (χ4n) is 2.83. The Labute approximate surface area is 152 Å². The molecule has 0 amide bonds. The average Bonchev–Trinajstić information content (AvgIpc) is 3.32. The van der Waals surface area contributed by atoms with Gasteiger partial charge in [-0.3, -0.25) is 15.0 Å². The van der Waals surface area contributed by atoms with Crippen molar-refractivity contribution < 1.29 is 9.45 Å². The van der Waals surface area contributed by atoms with E-state index < -0.39 is 4.92 Å². The van der Waals surface area contributed by atoms with Gasteiger partial charge in [0.05, 0.1) is 11.0 Å². The summed E-state index contributed by atoms with van der Waals surface area (Å²) >= 11 is 1.38. The van der Waals surface area contributed by atoms with Crippen LogP contribution in [0.2, 0.25) is 0 Å². The zero-order valence-electron chi connectivity index (χ0n) is 14.0. The molecule has 4 rings (SSSR count). The van der Waals surface area contributed by atoms with Crippen molar-refractivity contribution in [3.63, 3.8) is 0 Å². The molecular weight excluding hydrogens is 356 g/mol. The van der Waals surface area contributed by atoms with E-state index in [2.05, 4.69) is 25.3 Å². The van der Waals surface area contributed by atoms with Gasteiger partial charge < -0.3 is 9.84 Å². The third-order valence-corrected chi connectivity index (χ3v) is 5.17. The van der Waals surface area contributed by atoms with E-state index in [9.17, 15) is 10.1 Å². The number of thiazole rings is 1. The fraction of sp³-hybridized carbons (Fsp3) is 0.312. The largest absolute Gasteiger partial charge is 0.332 e. The molecule has 1 aliphatic heterocycles. The molecule has 1 N–H and O–H groups in total. The molecule has 26 heavy (non-hydrogen) atoms. The number of nitrogens with one attached hydrogen (secondary N) is 1. The van der Waals surface area contributed by atoms with Gasteiger partial charge in [-0.1, -0.05) is 17.3 Å². The average molecular weight is 372 g/mol. The van der Waals surface area contributed by atoms with Gasteiger partial charge in [-0.15, -0.1) is 11.3 Å². The van der Waals surface area contributed by atoms with Gasteiger partial charge in [-0.25, -0.2) is 4.98 Å². The van der Waals surface area contributed by atoms with Crippen molar-refractivity contribution in [2.24, 2.45) is 0 Å². The summed E-state index contributed by atoms with van der Waals surface area (Å²) in [6, 6.07) is 6.46. The van der Waals surface area contributed by atoms with E-state index in [4.69, 9.17) is 4.52 Å². The molecule has 3 heterocycles. The Morgan fingerprint density at radius 1 is 1.42 bits per heavy atom. The molecule has 2 aromatic heterocycles. The number of likely N-dealkylation sites (N-methyl/N-ethyl adjacent to an activating group) is 1. The molecule has 134 valence electrons. The van der Waals surface area contributed by atoms with Crippen LogP contribution in [0.4, 0.5) is 5.69 Å². The lowest BCUT2D eigenvalue weighted by Gasteiger charge is -2.30. The monoisotopic (exact) mass is 372 g/mol. The third-order valence-electron chi connectivity index (χ3n) is 4.28. The minimum Gasteiger partial charge on any atom is -0.332 e. The van der Waals surface area contributed by atoms with Crippen molar-refractivity contribution in [2.75, 3.05) is 26.7 Å². The van der Waals surface area contributed by atoms with Crippen molar-refractivity contribution >= 4 is 17.0 Å². The number of non-ortho nitro benzene ring substituents is 1. The number of piperazine rings is 1. The van der Waals surface area contributed by atoms with E-state index >= 15 is 0 Å². The molecule has 10 heteroatoms. The van der Waals surface area contributed by atoms with Gasteiger partial charge in [0.2, 0.25) is 0 Å². The minimum atomic E-state index is -0.420. The first kappa shape index (κ1) is 16.8. The first-order valence-corrected chi connectivity index (χ1v) is 8.95. The molecule has 0 spiro atoms. The van der Waals surface area contributed by atoms with Crippen LogP contribution in [0.5, 0.6) is 0 Å². The van der Waals surface area contributed by atoms with E-state index in [-0.39, 0.29) is 11.7 Å². The lowest BCUT2D eigenvalue weighted by atomic mass is 10.2. The standard InChI is InChI=1S/C16H16N6O3S/c1-21-6-5-17-8-13(21)14-19-15(25-20-14)12-9-26-16(18-12)10-3-2-4-11(7-10)22(23)24/h2-4,7,9,13,17H,5-6,8H2,1H3. The molecule has 1 aromatic carbocycles. The summed E-state index contributed by atoms with van der Waals surface area (Å²) in [6.07, 6.45) is 0. The van der Waals surface area contributed by atoms with Crippen molar-refractivity contribution in [2.45, 2.75) is 6.04 Å². The molecule has 1 fully saturated rings. The molecule has 1 aliphatic rings. The predicted molar refractivity (Wildman–Crippen MR) is 95.7 cm³/mol. The summed E-state index contributed by atoms with van der Waals surface area (Å²) in [7, 11) is 2.03. The van der Waals surface area contributed by atoms with Crippen molar-refractivity contribution in [3.05, 3.63) is 45.6 Å². The highest BCUT2D eigenvalue weighted by molar-refractivity contribution is 7.13. The van der Waals surface area contributed by atoms with Gasteiger partial charge in [0.15, 0.2) is 5.82 Å². The molecule has 0 bridgehead atoms. The summed E-state index contributed by atoms with van der Waals surface area (Å²) in [5.41, 5.74) is 1.29. The van der Waals surface area contributed by atoms with Crippen LogP contribution in [0.3, 0.4) is 0 Å². The Balaban J connectivity index is 1.59. The Kier molecular flexibility index (Phi) is 4.45. The first-order chi connectivity index (χ1) is 12.6. The summed E-state index contributed by atoms with van der Waals surface area (Å²) in [4.78, 5) is 21.7. The Hall–Kier alpha value is -2.69. The van der Waals surface area contributed by atoms with E-state index in [1.54, 1.807) is 12.1 Å². The summed E-state index contributed by atoms with van der Waals surface area (Å²) in [5.74, 6) is 0.978. The number of hydrogen-bond acceptors (Lipinski definition) is 9. The minimum absolute atomic E-state index is 0.0344. The van der Waals surface area contributed by atoms with Crippen LogP contribution in [0, 0.1) is 10.1 Å². The Morgan fingerprint density at radius 2 is 2.31 bits per heavy atom. The zero-order chi connectivity index (χ0) is 18.1. The summed E-state index contributed by atoms with van der Waals surface area (Å²) in [5, 5.41) is 20.8. The molecule has 3 aromatic rings. The van der Waals surface area contributed by atoms with Gasteiger partial charge in [0.25, 0.3) is 11.6 Å². The lowest BCUT2D eigenvalue weighted by Crippen LogP contribution is -2.44. The number of benzene rings is 1. The summed E-state index contributed by atoms with van der Waals surface area (Å²) in [6.45, 7) is 2.63. The number of nitro groups is 1. The van der Waals surface area contributed by atoms with Crippen LogP contribution < -0.4 is 5.32 Å². The maximum atomic E-state index is 10.9. The molecule has 1 saturated heterocycles. The highest BCUT2D eigenvalue weighted by atomic mass is 32.1. The highest BCUT2D eigenvalue weighted by Crippen LogP contribution is 2.30. The molecule has 1 unspecified atom stereocenters. The van der Waals surface area contributed by atoms with Crippen LogP contribution in [-0.2, 0) is 0 Å². The van der Waals surface area contributed by atoms with Crippen molar-refractivity contribution in [3.8, 4) is 22.2 Å². The second-order valence-corrected chi connectivity index (χ2v) is 6.86. The van der Waals surface area contributed by atoms with E-state index in [0.717, 1.165) is 19.6 Å². The van der Waals surface area contributed by atoms with E-state index in [0.29, 0.717) is 28.0 Å². The van der Waals surface area contributed by atoms with Crippen LogP contribution in [0.15, 0.2) is 34.2 Å². The van der Waals surface area contributed by atoms with Crippen LogP contribution in [0.1, 0.15) is 11.9 Å². The maximum Gasteiger partial charge on any atom is 0.277 e. The van der Waals surface area contributed by atoms with E-state index in [1.807, 2.05) is 12.4 Å². The summed E-state index contributed by atoms with van der Waals surface area (Å²) < 4.78 is 5.38. The zero-order valence-corrected chi connectivity index (χ0v) is 14.8. The maximum absolute atomic E-state index is 10.9. The number of hydrogen-bond donors (Lipinski definition) is 1. The Morgan fingerprint density at radius 3 is 3.12 bits per heavy atom. The smallest absolute Gasteiger partial charge is 0.277 e. The van der Waals surface area contributed by atoms with Gasteiger partial charge in [0.1, 0.15) is 10.7 Å². The lowest BCUT2D eigenvalue weighted by molar-refractivity contribution is -0.384. The fourth-order valence-corrected chi connectivity index (χ4v) is 3.62. The van der Waals surface area contributed by atoms with Gasteiger partial charge >= 0.3 is 0 Å². The van der Waals surface area contributed by atoms with Crippen molar-refractivity contribution in [1.29, 1.82) is 0 Å². The Bertz CT molecular complexity index is 939. The SMILES string of the molecule is CN1CCNCC1c1noc(-c2csc(-c3cccc([N+](=O)[O-])c3)n2)n1. The number of aromatic nitrogens is 3. The molecule has 0 aliphatic carbocycles. The molecule has 0 radical (unpaired) electrons. The van der Waals surface area contributed by atoms with Gasteiger partial charge in [-0.05, 0) is 7.05 Å². The number of rotatable bonds is 4. The van der Waals surface area contributed by atoms with Crippen molar-refractivity contribution in [1.82, 2.24) is 25.3 Å². The quantitative estimate of drug-likeness (QED) is 0.549. The highest BCUT2D eigenvalue weighted by Gasteiger charge is 2.26. The van der Waals surface area contributed by atoms with Gasteiger partial charge in [0, 0.05) is 42.7 Å². The molecule has 1 atom stereocenters. The predicted octanol–water partition coefficient (Wildman–Crippen LogP) is 2.34. The first-order valence-electron chi connectivity index (χ1n) is 8.07. The molecule has 9 nitrogen and oxygen atoms in total. The second-order valence-electron chi connectivity index (χ2n) is 6.00.